The molecule has 0 atom stereocenters. The minimum Gasteiger partial charge on any atom is -0.383 e. The first-order valence-corrected chi connectivity index (χ1v) is 15.0. The molecule has 0 N–H and O–H groups in total. The van der Waals surface area contributed by atoms with E-state index in [2.05, 4.69) is 117 Å². The minimum atomic E-state index is 0.150. The molecule has 0 amide bonds. The van der Waals surface area contributed by atoms with Gasteiger partial charge in [-0.05, 0) is 106 Å². The van der Waals surface area contributed by atoms with Gasteiger partial charge in [0.1, 0.15) is 0 Å². The van der Waals surface area contributed by atoms with Crippen molar-refractivity contribution in [1.82, 2.24) is 0 Å². The summed E-state index contributed by atoms with van der Waals surface area (Å²) in [5.41, 5.74) is 10.4. The summed E-state index contributed by atoms with van der Waals surface area (Å²) in [6.07, 6.45) is 0. The summed E-state index contributed by atoms with van der Waals surface area (Å²) in [7, 11) is 3.53. The Bertz CT molecular complexity index is 1110. The van der Waals surface area contributed by atoms with Gasteiger partial charge in [-0.3, -0.25) is 0 Å². The Kier molecular flexibility index (Phi) is 12.4. The lowest BCUT2D eigenvalue weighted by Gasteiger charge is -2.28. The molecule has 0 aromatic heterocycles. The standard InChI is InChI=1S/C35H51N3O2/c1-9-36(10-2)30-15-13-29(14-16-30)35(33-19-17-31(25-27(33)5)37(11-3)21-23-39-7)34-20-18-32(26-28(34)6)38(12-4)22-24-40-8/h13-20,25-26,35H,9-12,21-24H2,1-8H3. The number of rotatable bonds is 16. The van der Waals surface area contributed by atoms with Crippen molar-refractivity contribution in [3.63, 3.8) is 0 Å². The topological polar surface area (TPSA) is 28.2 Å². The number of ether oxygens (including phenoxy) is 2. The van der Waals surface area contributed by atoms with Gasteiger partial charge in [0.25, 0.3) is 0 Å². The number of nitrogens with zero attached hydrogens (tertiary/aromatic N) is 3. The van der Waals surface area contributed by atoms with Crippen molar-refractivity contribution >= 4 is 17.1 Å². The molecule has 0 saturated carbocycles. The molecule has 0 aliphatic rings. The molecule has 3 aromatic carbocycles. The highest BCUT2D eigenvalue weighted by Gasteiger charge is 2.22. The van der Waals surface area contributed by atoms with E-state index in [9.17, 15) is 0 Å². The molecule has 3 aromatic rings. The van der Waals surface area contributed by atoms with Crippen LogP contribution >= 0.6 is 0 Å². The van der Waals surface area contributed by atoms with E-state index in [1.54, 1.807) is 14.2 Å². The highest BCUT2D eigenvalue weighted by Crippen LogP contribution is 2.38. The van der Waals surface area contributed by atoms with Gasteiger partial charge >= 0.3 is 0 Å². The van der Waals surface area contributed by atoms with Crippen LogP contribution in [0.5, 0.6) is 0 Å². The maximum absolute atomic E-state index is 5.36. The highest BCUT2D eigenvalue weighted by molar-refractivity contribution is 5.60. The molecule has 0 aliphatic heterocycles. The van der Waals surface area contributed by atoms with Crippen LogP contribution in [0.2, 0.25) is 0 Å². The summed E-state index contributed by atoms with van der Waals surface area (Å²) in [5, 5.41) is 0. The SMILES string of the molecule is CCN(CC)c1ccc(C(c2ccc(N(CC)CCOC)cc2C)c2ccc(N(CC)CCOC)cc2C)cc1. The number of hydrogen-bond donors (Lipinski definition) is 0. The average Bonchev–Trinajstić information content (AvgIpc) is 2.97. The molecule has 5 heteroatoms. The smallest absolute Gasteiger partial charge is 0.0637 e. The van der Waals surface area contributed by atoms with Crippen molar-refractivity contribution in [2.45, 2.75) is 47.5 Å². The molecule has 0 aliphatic carbocycles. The molecule has 0 heterocycles. The van der Waals surface area contributed by atoms with Crippen molar-refractivity contribution in [2.75, 3.05) is 81.4 Å². The van der Waals surface area contributed by atoms with E-state index < -0.39 is 0 Å². The summed E-state index contributed by atoms with van der Waals surface area (Å²) >= 11 is 0. The van der Waals surface area contributed by atoms with Gasteiger partial charge in [0.2, 0.25) is 0 Å². The van der Waals surface area contributed by atoms with E-state index >= 15 is 0 Å². The third-order valence-electron chi connectivity index (χ3n) is 8.11. The first kappa shape index (κ1) is 31.5. The first-order chi connectivity index (χ1) is 19.4. The fraction of sp³-hybridized carbons (Fsp3) is 0.486. The lowest BCUT2D eigenvalue weighted by molar-refractivity contribution is 0.205. The van der Waals surface area contributed by atoms with E-state index in [4.69, 9.17) is 9.47 Å². The zero-order valence-corrected chi connectivity index (χ0v) is 26.2. The van der Waals surface area contributed by atoms with E-state index in [-0.39, 0.29) is 5.92 Å². The van der Waals surface area contributed by atoms with Crippen LogP contribution in [0.15, 0.2) is 60.7 Å². The lowest BCUT2D eigenvalue weighted by atomic mass is 9.81. The van der Waals surface area contributed by atoms with Gasteiger partial charge in [-0.2, -0.15) is 0 Å². The van der Waals surface area contributed by atoms with Crippen LogP contribution in [-0.4, -0.2) is 66.7 Å². The molecule has 0 saturated heterocycles. The van der Waals surface area contributed by atoms with Crippen LogP contribution in [-0.2, 0) is 9.47 Å². The molecule has 0 radical (unpaired) electrons. The number of methoxy groups -OCH3 is 2. The van der Waals surface area contributed by atoms with Gasteiger partial charge in [-0.15, -0.1) is 0 Å². The number of benzene rings is 3. The van der Waals surface area contributed by atoms with Crippen molar-refractivity contribution in [3.05, 3.63) is 88.5 Å². The normalized spacial score (nSPS) is 11.2. The molecule has 0 bridgehead atoms. The second-order valence-corrected chi connectivity index (χ2v) is 10.4. The van der Waals surface area contributed by atoms with Gasteiger partial charge in [0, 0.05) is 76.5 Å². The molecule has 218 valence electrons. The maximum Gasteiger partial charge on any atom is 0.0637 e. The zero-order valence-electron chi connectivity index (χ0n) is 26.2. The summed E-state index contributed by atoms with van der Waals surface area (Å²) < 4.78 is 10.7. The third-order valence-corrected chi connectivity index (χ3v) is 8.11. The molecule has 0 fully saturated rings. The van der Waals surface area contributed by atoms with E-state index in [1.807, 2.05) is 0 Å². The number of hydrogen-bond acceptors (Lipinski definition) is 5. The molecule has 3 rings (SSSR count). The molecule has 0 spiro atoms. The lowest BCUT2D eigenvalue weighted by Crippen LogP contribution is -2.27. The Labute approximate surface area is 243 Å². The average molecular weight is 546 g/mol. The van der Waals surface area contributed by atoms with Crippen LogP contribution in [0.1, 0.15) is 61.4 Å². The summed E-state index contributed by atoms with van der Waals surface area (Å²) in [6, 6.07) is 23.2. The second-order valence-electron chi connectivity index (χ2n) is 10.4. The highest BCUT2D eigenvalue weighted by atomic mass is 16.5. The van der Waals surface area contributed by atoms with Gasteiger partial charge < -0.3 is 24.2 Å². The van der Waals surface area contributed by atoms with Crippen molar-refractivity contribution in [3.8, 4) is 0 Å². The largest absolute Gasteiger partial charge is 0.383 e. The molecular weight excluding hydrogens is 494 g/mol. The van der Waals surface area contributed by atoms with Crippen LogP contribution in [0, 0.1) is 13.8 Å². The Morgan fingerprint density at radius 1 is 0.550 bits per heavy atom. The molecule has 40 heavy (non-hydrogen) atoms. The maximum atomic E-state index is 5.36. The zero-order chi connectivity index (χ0) is 29.1. The molecule has 0 unspecified atom stereocenters. The summed E-state index contributed by atoms with van der Waals surface area (Å²) in [4.78, 5) is 7.17. The number of likely N-dealkylation sites (N-methyl/N-ethyl adjacent to an activating group) is 2. The van der Waals surface area contributed by atoms with Crippen molar-refractivity contribution in [1.29, 1.82) is 0 Å². The van der Waals surface area contributed by atoms with Crippen molar-refractivity contribution < 1.29 is 9.47 Å². The Hall–Kier alpha value is -3.02. The van der Waals surface area contributed by atoms with Gasteiger partial charge in [-0.1, -0.05) is 24.3 Å². The van der Waals surface area contributed by atoms with E-state index in [0.717, 1.165) is 52.5 Å². The Morgan fingerprint density at radius 2 is 0.950 bits per heavy atom. The van der Waals surface area contributed by atoms with Gasteiger partial charge in [-0.25, -0.2) is 0 Å². The number of anilines is 3. The van der Waals surface area contributed by atoms with E-state index in [0.29, 0.717) is 0 Å². The van der Waals surface area contributed by atoms with Crippen LogP contribution < -0.4 is 14.7 Å². The summed E-state index contributed by atoms with van der Waals surface area (Å²) in [5.74, 6) is 0.150. The number of aryl methyl sites for hydroxylation is 2. The Balaban J connectivity index is 2.09. The predicted octanol–water partition coefficient (Wildman–Crippen LogP) is 7.28. The van der Waals surface area contributed by atoms with Crippen LogP contribution in [0.4, 0.5) is 17.1 Å². The fourth-order valence-electron chi connectivity index (χ4n) is 5.70. The molecular formula is C35H51N3O2. The monoisotopic (exact) mass is 545 g/mol. The summed E-state index contributed by atoms with van der Waals surface area (Å²) in [6.45, 7) is 20.5. The minimum absolute atomic E-state index is 0.150. The fourth-order valence-corrected chi connectivity index (χ4v) is 5.70. The first-order valence-electron chi connectivity index (χ1n) is 15.0. The van der Waals surface area contributed by atoms with Crippen LogP contribution in [0.3, 0.4) is 0 Å². The van der Waals surface area contributed by atoms with Gasteiger partial charge in [0.15, 0.2) is 0 Å². The van der Waals surface area contributed by atoms with Crippen molar-refractivity contribution in [2.24, 2.45) is 0 Å². The van der Waals surface area contributed by atoms with E-state index in [1.165, 1.54) is 44.9 Å². The van der Waals surface area contributed by atoms with Gasteiger partial charge in [0.05, 0.1) is 13.2 Å². The van der Waals surface area contributed by atoms with Crippen LogP contribution in [0.25, 0.3) is 0 Å². The predicted molar refractivity (Wildman–Crippen MR) is 173 cm³/mol. The molecule has 5 nitrogen and oxygen atoms in total. The second kappa shape index (κ2) is 15.7. The third kappa shape index (κ3) is 7.58. The quantitative estimate of drug-likeness (QED) is 0.176. The Morgan fingerprint density at radius 3 is 1.30 bits per heavy atom.